The van der Waals surface area contributed by atoms with E-state index < -0.39 is 11.1 Å². The van der Waals surface area contributed by atoms with Crippen LogP contribution in [0.2, 0.25) is 0 Å². The number of hydrogen-bond donors (Lipinski definition) is 0. The summed E-state index contributed by atoms with van der Waals surface area (Å²) in [6.07, 6.45) is 2.94. The Balaban J connectivity index is 1.92. The predicted octanol–water partition coefficient (Wildman–Crippen LogP) is 2.76. The fourth-order valence-electron chi connectivity index (χ4n) is 3.29. The molecule has 156 valence electrons. The monoisotopic (exact) mass is 407 g/mol. The zero-order chi connectivity index (χ0) is 21.7. The van der Waals surface area contributed by atoms with E-state index in [4.69, 9.17) is 4.74 Å². The summed E-state index contributed by atoms with van der Waals surface area (Å²) in [4.78, 5) is 39.9. The van der Waals surface area contributed by atoms with Gasteiger partial charge in [0.25, 0.3) is 0 Å². The van der Waals surface area contributed by atoms with Crippen LogP contribution in [0.15, 0.2) is 70.5 Å². The Bertz CT molecular complexity index is 1160. The summed E-state index contributed by atoms with van der Waals surface area (Å²) < 4.78 is 7.94. The Morgan fingerprint density at radius 3 is 2.47 bits per heavy atom. The molecule has 0 fully saturated rings. The zero-order valence-corrected chi connectivity index (χ0v) is 17.4. The van der Waals surface area contributed by atoms with Gasteiger partial charge < -0.3 is 9.64 Å². The molecule has 1 aromatic heterocycles. The van der Waals surface area contributed by atoms with E-state index in [2.05, 4.69) is 0 Å². The van der Waals surface area contributed by atoms with Crippen LogP contribution in [-0.4, -0.2) is 28.2 Å². The van der Waals surface area contributed by atoms with Gasteiger partial charge in [-0.2, -0.15) is 0 Å². The fourth-order valence-corrected chi connectivity index (χ4v) is 3.29. The second-order valence-electron chi connectivity index (χ2n) is 6.78. The van der Waals surface area contributed by atoms with Gasteiger partial charge in [0, 0.05) is 24.6 Å². The number of ether oxygens (including phenoxy) is 1. The molecular weight excluding hydrogens is 382 g/mol. The second kappa shape index (κ2) is 9.26. The quantitative estimate of drug-likeness (QED) is 0.565. The average Bonchev–Trinajstić information content (AvgIpc) is 2.73. The van der Waals surface area contributed by atoms with Crippen LogP contribution in [0.1, 0.15) is 19.4 Å². The maximum Gasteiger partial charge on any atom is 0.321 e. The highest BCUT2D eigenvalue weighted by molar-refractivity contribution is 5.93. The van der Waals surface area contributed by atoms with Gasteiger partial charge in [-0.05, 0) is 50.6 Å². The van der Waals surface area contributed by atoms with Crippen molar-refractivity contribution in [1.82, 2.24) is 9.13 Å². The van der Waals surface area contributed by atoms with Gasteiger partial charge in [-0.3, -0.25) is 23.5 Å². The SMILES string of the molecule is CCOc1ccccc1-n1ccn(CC(=O)N(CC)c2cccc(C)c2)c(=O)c1=O. The molecule has 3 rings (SSSR count). The molecule has 0 aliphatic heterocycles. The first-order valence-corrected chi connectivity index (χ1v) is 9.87. The highest BCUT2D eigenvalue weighted by Crippen LogP contribution is 2.20. The summed E-state index contributed by atoms with van der Waals surface area (Å²) in [5, 5.41) is 0. The highest BCUT2D eigenvalue weighted by atomic mass is 16.5. The van der Waals surface area contributed by atoms with E-state index in [1.54, 1.807) is 29.2 Å². The van der Waals surface area contributed by atoms with Crippen molar-refractivity contribution in [3.63, 3.8) is 0 Å². The average molecular weight is 407 g/mol. The van der Waals surface area contributed by atoms with Crippen molar-refractivity contribution in [3.05, 3.63) is 87.2 Å². The molecule has 0 bridgehead atoms. The van der Waals surface area contributed by atoms with Crippen LogP contribution in [0.25, 0.3) is 5.69 Å². The lowest BCUT2D eigenvalue weighted by Gasteiger charge is -2.22. The van der Waals surface area contributed by atoms with Crippen molar-refractivity contribution < 1.29 is 9.53 Å². The first-order valence-electron chi connectivity index (χ1n) is 9.87. The molecule has 1 heterocycles. The van der Waals surface area contributed by atoms with E-state index in [1.807, 2.05) is 45.0 Å². The Hall–Kier alpha value is -3.61. The van der Waals surface area contributed by atoms with Crippen LogP contribution >= 0.6 is 0 Å². The third-order valence-corrected chi connectivity index (χ3v) is 4.72. The zero-order valence-electron chi connectivity index (χ0n) is 17.4. The normalized spacial score (nSPS) is 10.6. The molecule has 30 heavy (non-hydrogen) atoms. The molecule has 1 amide bonds. The number of anilines is 1. The summed E-state index contributed by atoms with van der Waals surface area (Å²) >= 11 is 0. The predicted molar refractivity (Wildman–Crippen MR) is 117 cm³/mol. The molecule has 0 aliphatic rings. The van der Waals surface area contributed by atoms with Crippen molar-refractivity contribution in [2.24, 2.45) is 0 Å². The number of carbonyl (C=O) groups excluding carboxylic acids is 1. The summed E-state index contributed by atoms with van der Waals surface area (Å²) in [5.41, 5.74) is 0.768. The number of likely N-dealkylation sites (N-methyl/N-ethyl adjacent to an activating group) is 1. The summed E-state index contributed by atoms with van der Waals surface area (Å²) in [6, 6.07) is 14.6. The van der Waals surface area contributed by atoms with E-state index in [1.165, 1.54) is 17.0 Å². The standard InChI is InChI=1S/C23H25N3O4/c1-4-25(18-10-8-9-17(3)15-18)21(27)16-24-13-14-26(23(29)22(24)28)19-11-6-7-12-20(19)30-5-2/h6-15H,4-5,16H2,1-3H3. The number of nitrogens with zero attached hydrogens (tertiary/aromatic N) is 3. The third kappa shape index (κ3) is 4.35. The third-order valence-electron chi connectivity index (χ3n) is 4.72. The van der Waals surface area contributed by atoms with Gasteiger partial charge in [0.1, 0.15) is 12.3 Å². The van der Waals surface area contributed by atoms with Crippen LogP contribution < -0.4 is 20.8 Å². The van der Waals surface area contributed by atoms with Gasteiger partial charge in [-0.1, -0.05) is 24.3 Å². The second-order valence-corrected chi connectivity index (χ2v) is 6.78. The molecule has 3 aromatic rings. The number of aryl methyl sites for hydroxylation is 1. The largest absolute Gasteiger partial charge is 0.492 e. The summed E-state index contributed by atoms with van der Waals surface area (Å²) in [6.45, 7) is 6.33. The molecule has 7 heteroatoms. The van der Waals surface area contributed by atoms with E-state index in [-0.39, 0.29) is 12.5 Å². The number of para-hydroxylation sites is 2. The van der Waals surface area contributed by atoms with Gasteiger partial charge in [0.15, 0.2) is 0 Å². The van der Waals surface area contributed by atoms with Gasteiger partial charge >= 0.3 is 11.1 Å². The lowest BCUT2D eigenvalue weighted by molar-refractivity contribution is -0.119. The first kappa shape index (κ1) is 21.1. The minimum absolute atomic E-state index is 0.218. The molecule has 0 aliphatic carbocycles. The Labute approximate surface area is 174 Å². The number of carbonyl (C=O) groups is 1. The van der Waals surface area contributed by atoms with Crippen LogP contribution in [0.4, 0.5) is 5.69 Å². The Morgan fingerprint density at radius 1 is 1.00 bits per heavy atom. The lowest BCUT2D eigenvalue weighted by Crippen LogP contribution is -2.43. The van der Waals surface area contributed by atoms with E-state index in [0.717, 1.165) is 15.8 Å². The van der Waals surface area contributed by atoms with E-state index in [0.29, 0.717) is 24.6 Å². The number of benzene rings is 2. The molecule has 0 N–H and O–H groups in total. The number of rotatable bonds is 7. The van der Waals surface area contributed by atoms with Crippen molar-refractivity contribution >= 4 is 11.6 Å². The van der Waals surface area contributed by atoms with E-state index in [9.17, 15) is 14.4 Å². The summed E-state index contributed by atoms with van der Waals surface area (Å²) in [5.74, 6) is 0.240. The molecule has 0 saturated carbocycles. The van der Waals surface area contributed by atoms with Crippen LogP contribution in [0.5, 0.6) is 5.75 Å². The molecule has 2 aromatic carbocycles. The van der Waals surface area contributed by atoms with Gasteiger partial charge in [-0.25, -0.2) is 0 Å². The Morgan fingerprint density at radius 2 is 1.77 bits per heavy atom. The molecule has 7 nitrogen and oxygen atoms in total. The minimum Gasteiger partial charge on any atom is -0.492 e. The van der Waals surface area contributed by atoms with Crippen molar-refractivity contribution in [3.8, 4) is 11.4 Å². The molecule has 0 saturated heterocycles. The number of amides is 1. The van der Waals surface area contributed by atoms with Gasteiger partial charge in [0.2, 0.25) is 5.91 Å². The van der Waals surface area contributed by atoms with Crippen LogP contribution in [0, 0.1) is 6.92 Å². The smallest absolute Gasteiger partial charge is 0.321 e. The topological polar surface area (TPSA) is 73.5 Å². The van der Waals surface area contributed by atoms with E-state index >= 15 is 0 Å². The maximum atomic E-state index is 12.9. The molecular formula is C23H25N3O4. The molecule has 0 radical (unpaired) electrons. The fraction of sp³-hybridized carbons (Fsp3) is 0.261. The highest BCUT2D eigenvalue weighted by Gasteiger charge is 2.17. The first-order chi connectivity index (χ1) is 14.5. The number of hydrogen-bond acceptors (Lipinski definition) is 4. The minimum atomic E-state index is -0.766. The maximum absolute atomic E-state index is 12.9. The van der Waals surface area contributed by atoms with Gasteiger partial charge in [0.05, 0.1) is 12.3 Å². The van der Waals surface area contributed by atoms with Crippen molar-refractivity contribution in [2.45, 2.75) is 27.3 Å². The number of aromatic nitrogens is 2. The Kier molecular flexibility index (Phi) is 6.51. The molecule has 0 spiro atoms. The molecule has 0 unspecified atom stereocenters. The lowest BCUT2D eigenvalue weighted by atomic mass is 10.2. The summed E-state index contributed by atoms with van der Waals surface area (Å²) in [7, 11) is 0. The van der Waals surface area contributed by atoms with Gasteiger partial charge in [-0.15, -0.1) is 0 Å². The van der Waals surface area contributed by atoms with Crippen molar-refractivity contribution in [1.29, 1.82) is 0 Å². The van der Waals surface area contributed by atoms with Crippen molar-refractivity contribution in [2.75, 3.05) is 18.1 Å². The van der Waals surface area contributed by atoms with Crippen LogP contribution in [0.3, 0.4) is 0 Å². The molecule has 0 atom stereocenters. The van der Waals surface area contributed by atoms with Crippen LogP contribution in [-0.2, 0) is 11.3 Å².